The van der Waals surface area contributed by atoms with Crippen LogP contribution in [0.1, 0.15) is 39.7 Å². The van der Waals surface area contributed by atoms with Crippen LogP contribution in [0.5, 0.6) is 11.5 Å². The Morgan fingerprint density at radius 1 is 1.28 bits per heavy atom. The molecular weight excluding hydrogens is 336 g/mol. The third kappa shape index (κ3) is 3.47. The highest BCUT2D eigenvalue weighted by Crippen LogP contribution is 2.39. The highest BCUT2D eigenvalue weighted by molar-refractivity contribution is 7.16. The van der Waals surface area contributed by atoms with E-state index in [1.54, 1.807) is 32.4 Å². The Balaban J connectivity index is 1.90. The van der Waals surface area contributed by atoms with E-state index in [1.807, 2.05) is 0 Å². The summed E-state index contributed by atoms with van der Waals surface area (Å²) in [6.07, 6.45) is 3.00. The zero-order valence-corrected chi connectivity index (χ0v) is 15.3. The van der Waals surface area contributed by atoms with Crippen molar-refractivity contribution in [3.63, 3.8) is 0 Å². The Morgan fingerprint density at radius 2 is 1.96 bits per heavy atom. The summed E-state index contributed by atoms with van der Waals surface area (Å²) in [5.74, 6) is 1.38. The zero-order valence-electron chi connectivity index (χ0n) is 14.5. The van der Waals surface area contributed by atoms with E-state index < -0.39 is 0 Å². The smallest absolute Gasteiger partial charge is 0.256 e. The van der Waals surface area contributed by atoms with Gasteiger partial charge in [-0.15, -0.1) is 11.3 Å². The second kappa shape index (κ2) is 7.16. The molecule has 1 heterocycles. The molecule has 5 nitrogen and oxygen atoms in total. The fourth-order valence-electron chi connectivity index (χ4n) is 3.08. The molecule has 25 heavy (non-hydrogen) atoms. The Bertz CT molecular complexity index is 829. The van der Waals surface area contributed by atoms with Gasteiger partial charge in [0, 0.05) is 16.5 Å². The molecular formula is C19H20N2O3S. The minimum Gasteiger partial charge on any atom is -0.497 e. The minimum absolute atomic E-state index is 0.277. The van der Waals surface area contributed by atoms with Crippen molar-refractivity contribution in [1.82, 2.24) is 0 Å². The van der Waals surface area contributed by atoms with Crippen LogP contribution in [-0.4, -0.2) is 20.1 Å². The van der Waals surface area contributed by atoms with Crippen LogP contribution in [0, 0.1) is 17.2 Å². The first-order valence-electron chi connectivity index (χ1n) is 8.14. The normalized spacial score (nSPS) is 15.8. The molecule has 1 aromatic carbocycles. The molecule has 1 aliphatic rings. The summed E-state index contributed by atoms with van der Waals surface area (Å²) in [5.41, 5.74) is 2.14. The molecule has 2 aromatic rings. The lowest BCUT2D eigenvalue weighted by molar-refractivity contribution is 0.102. The number of carbonyl (C=O) groups excluding carboxylic acids is 1. The number of nitriles is 1. The standard InChI is InChI=1S/C19H20N2O3S/c1-11-4-5-17-15(6-11)16(10-20)19(25-17)21-18(22)12-7-13(23-2)9-14(8-12)24-3/h7-9,11H,4-6H2,1-3H3,(H,21,22)/t11-/m0/s1. The summed E-state index contributed by atoms with van der Waals surface area (Å²) in [7, 11) is 3.08. The van der Waals surface area contributed by atoms with Gasteiger partial charge in [0.1, 0.15) is 22.6 Å². The average Bonchev–Trinajstić information content (AvgIpc) is 2.97. The minimum atomic E-state index is -0.277. The van der Waals surface area contributed by atoms with Gasteiger partial charge in [-0.25, -0.2) is 0 Å². The fraction of sp³-hybridized carbons (Fsp3) is 0.368. The fourth-order valence-corrected chi connectivity index (χ4v) is 4.27. The van der Waals surface area contributed by atoms with Gasteiger partial charge in [-0.2, -0.15) is 5.26 Å². The summed E-state index contributed by atoms with van der Waals surface area (Å²) >= 11 is 1.51. The number of nitrogens with zero attached hydrogens (tertiary/aromatic N) is 1. The van der Waals surface area contributed by atoms with Crippen LogP contribution in [-0.2, 0) is 12.8 Å². The van der Waals surface area contributed by atoms with Gasteiger partial charge >= 0.3 is 0 Å². The molecule has 3 rings (SSSR count). The van der Waals surface area contributed by atoms with Crippen molar-refractivity contribution in [2.24, 2.45) is 5.92 Å². The Hall–Kier alpha value is -2.52. The number of anilines is 1. The first-order valence-corrected chi connectivity index (χ1v) is 8.96. The van der Waals surface area contributed by atoms with E-state index in [1.165, 1.54) is 16.2 Å². The maximum Gasteiger partial charge on any atom is 0.256 e. The van der Waals surface area contributed by atoms with Crippen molar-refractivity contribution < 1.29 is 14.3 Å². The van der Waals surface area contributed by atoms with Crippen molar-refractivity contribution >= 4 is 22.2 Å². The molecule has 0 saturated heterocycles. The van der Waals surface area contributed by atoms with Gasteiger partial charge in [0.25, 0.3) is 5.91 Å². The van der Waals surface area contributed by atoms with Gasteiger partial charge in [-0.3, -0.25) is 4.79 Å². The molecule has 0 saturated carbocycles. The van der Waals surface area contributed by atoms with E-state index in [0.29, 0.717) is 33.5 Å². The van der Waals surface area contributed by atoms with Crippen LogP contribution in [0.25, 0.3) is 0 Å². The summed E-state index contributed by atoms with van der Waals surface area (Å²) in [6.45, 7) is 2.20. The summed E-state index contributed by atoms with van der Waals surface area (Å²) < 4.78 is 10.4. The lowest BCUT2D eigenvalue weighted by atomic mass is 9.88. The number of amides is 1. The Labute approximate surface area is 151 Å². The first kappa shape index (κ1) is 17.3. The SMILES string of the molecule is COc1cc(OC)cc(C(=O)Nc2sc3c(c2C#N)C[C@@H](C)CC3)c1. The summed E-state index contributed by atoms with van der Waals surface area (Å²) in [5, 5.41) is 13.1. The van der Waals surface area contributed by atoms with Crippen LogP contribution in [0.15, 0.2) is 18.2 Å². The van der Waals surface area contributed by atoms with Crippen LogP contribution in [0.4, 0.5) is 5.00 Å². The lowest BCUT2D eigenvalue weighted by Gasteiger charge is -2.17. The third-order valence-corrected chi connectivity index (χ3v) is 5.67. The van der Waals surface area contributed by atoms with E-state index >= 15 is 0 Å². The molecule has 0 unspecified atom stereocenters. The topological polar surface area (TPSA) is 71.3 Å². The number of nitrogens with one attached hydrogen (secondary N) is 1. The first-order chi connectivity index (χ1) is 12.0. The van der Waals surface area contributed by atoms with Gasteiger partial charge in [0.15, 0.2) is 0 Å². The van der Waals surface area contributed by atoms with Gasteiger partial charge < -0.3 is 14.8 Å². The quantitative estimate of drug-likeness (QED) is 0.898. The highest BCUT2D eigenvalue weighted by Gasteiger charge is 2.25. The molecule has 1 atom stereocenters. The highest BCUT2D eigenvalue weighted by atomic mass is 32.1. The number of methoxy groups -OCH3 is 2. The van der Waals surface area contributed by atoms with Gasteiger partial charge in [-0.05, 0) is 42.9 Å². The van der Waals surface area contributed by atoms with E-state index in [4.69, 9.17) is 9.47 Å². The molecule has 6 heteroatoms. The molecule has 0 radical (unpaired) electrons. The number of hydrogen-bond donors (Lipinski definition) is 1. The van der Waals surface area contributed by atoms with Crippen molar-refractivity contribution in [3.05, 3.63) is 39.8 Å². The number of ether oxygens (including phenoxy) is 2. The van der Waals surface area contributed by atoms with Crippen LogP contribution >= 0.6 is 11.3 Å². The molecule has 0 fully saturated rings. The molecule has 1 aromatic heterocycles. The largest absolute Gasteiger partial charge is 0.497 e. The molecule has 1 N–H and O–H groups in total. The predicted octanol–water partition coefficient (Wildman–Crippen LogP) is 4.01. The zero-order chi connectivity index (χ0) is 18.0. The maximum atomic E-state index is 12.7. The number of benzene rings is 1. The number of fused-ring (bicyclic) bond motifs is 1. The van der Waals surface area contributed by atoms with Gasteiger partial charge in [-0.1, -0.05) is 6.92 Å². The third-order valence-electron chi connectivity index (χ3n) is 4.46. The molecule has 1 amide bonds. The van der Waals surface area contributed by atoms with Crippen molar-refractivity contribution in [3.8, 4) is 17.6 Å². The number of carbonyl (C=O) groups is 1. The van der Waals surface area contributed by atoms with Crippen molar-refractivity contribution in [1.29, 1.82) is 5.26 Å². The number of rotatable bonds is 4. The van der Waals surface area contributed by atoms with E-state index in [0.717, 1.165) is 24.8 Å². The van der Waals surface area contributed by atoms with Crippen LogP contribution in [0.2, 0.25) is 0 Å². The predicted molar refractivity (Wildman–Crippen MR) is 97.7 cm³/mol. The monoisotopic (exact) mass is 356 g/mol. The molecule has 0 aliphatic heterocycles. The van der Waals surface area contributed by atoms with Crippen LogP contribution < -0.4 is 14.8 Å². The van der Waals surface area contributed by atoms with Crippen LogP contribution in [0.3, 0.4) is 0 Å². The summed E-state index contributed by atoms with van der Waals surface area (Å²) in [4.78, 5) is 13.9. The lowest BCUT2D eigenvalue weighted by Crippen LogP contribution is -2.13. The van der Waals surface area contributed by atoms with Gasteiger partial charge in [0.05, 0.1) is 19.8 Å². The molecule has 0 spiro atoms. The molecule has 1 aliphatic carbocycles. The second-order valence-electron chi connectivity index (χ2n) is 6.22. The van der Waals surface area contributed by atoms with E-state index in [-0.39, 0.29) is 5.91 Å². The van der Waals surface area contributed by atoms with Gasteiger partial charge in [0.2, 0.25) is 0 Å². The number of hydrogen-bond acceptors (Lipinski definition) is 5. The average molecular weight is 356 g/mol. The second-order valence-corrected chi connectivity index (χ2v) is 7.33. The summed E-state index contributed by atoms with van der Waals surface area (Å²) in [6, 6.07) is 7.29. The van der Waals surface area contributed by atoms with Crippen molar-refractivity contribution in [2.45, 2.75) is 26.2 Å². The Morgan fingerprint density at radius 3 is 2.56 bits per heavy atom. The molecule has 130 valence electrons. The number of aryl methyl sites for hydroxylation is 1. The van der Waals surface area contributed by atoms with Crippen molar-refractivity contribution in [2.75, 3.05) is 19.5 Å². The maximum absolute atomic E-state index is 12.7. The Kier molecular flexibility index (Phi) is 4.95. The van der Waals surface area contributed by atoms with E-state index in [9.17, 15) is 10.1 Å². The number of thiophene rings is 1. The molecule has 0 bridgehead atoms. The van der Waals surface area contributed by atoms with E-state index in [2.05, 4.69) is 18.3 Å².